The van der Waals surface area contributed by atoms with Gasteiger partial charge >= 0.3 is 0 Å². The summed E-state index contributed by atoms with van der Waals surface area (Å²) in [5.41, 5.74) is 1.05. The molecule has 1 fully saturated rings. The number of hydrogen-bond donors (Lipinski definition) is 1. The van der Waals surface area contributed by atoms with Gasteiger partial charge in [-0.3, -0.25) is 9.69 Å². The van der Waals surface area contributed by atoms with Gasteiger partial charge in [-0.1, -0.05) is 19.9 Å². The fourth-order valence-corrected chi connectivity index (χ4v) is 3.07. The molecule has 24 heavy (non-hydrogen) atoms. The summed E-state index contributed by atoms with van der Waals surface area (Å²) in [5.74, 6) is 1.85. The number of fused-ring (bicyclic) bond motifs is 1. The molecule has 1 aromatic rings. The van der Waals surface area contributed by atoms with Crippen molar-refractivity contribution < 1.29 is 19.0 Å². The maximum Gasteiger partial charge on any atom is 0.234 e. The molecule has 1 amide bonds. The van der Waals surface area contributed by atoms with Gasteiger partial charge in [0, 0.05) is 13.1 Å². The van der Waals surface area contributed by atoms with E-state index in [-0.39, 0.29) is 17.9 Å². The van der Waals surface area contributed by atoms with Crippen LogP contribution in [0.1, 0.15) is 25.5 Å². The van der Waals surface area contributed by atoms with Crippen LogP contribution in [0, 0.1) is 5.92 Å². The Morgan fingerprint density at radius 2 is 1.83 bits per heavy atom. The quantitative estimate of drug-likeness (QED) is 0.886. The van der Waals surface area contributed by atoms with Crippen LogP contribution in [-0.4, -0.2) is 56.9 Å². The van der Waals surface area contributed by atoms with Crippen molar-refractivity contribution in [2.45, 2.75) is 19.9 Å². The third kappa shape index (κ3) is 4.19. The first kappa shape index (κ1) is 17.0. The second-order valence-corrected chi connectivity index (χ2v) is 6.58. The summed E-state index contributed by atoms with van der Waals surface area (Å²) in [7, 11) is 0. The molecule has 1 unspecified atom stereocenters. The minimum Gasteiger partial charge on any atom is -0.486 e. The molecule has 6 nitrogen and oxygen atoms in total. The van der Waals surface area contributed by atoms with Crippen LogP contribution in [0.25, 0.3) is 0 Å². The standard InChI is InChI=1S/C18H26N2O4/c1-13(2)18(19-17(21)12-20-5-7-22-8-6-20)14-3-4-15-16(11-14)24-10-9-23-15/h3-4,11,13,18H,5-10,12H2,1-2H3,(H,19,21). The van der Waals surface area contributed by atoms with Crippen LogP contribution in [-0.2, 0) is 9.53 Å². The first-order valence-electron chi connectivity index (χ1n) is 8.62. The highest BCUT2D eigenvalue weighted by molar-refractivity contribution is 5.78. The van der Waals surface area contributed by atoms with E-state index in [0.717, 1.165) is 30.2 Å². The summed E-state index contributed by atoms with van der Waals surface area (Å²) in [4.78, 5) is 14.6. The number of amides is 1. The highest BCUT2D eigenvalue weighted by Gasteiger charge is 2.22. The Hall–Kier alpha value is -1.79. The van der Waals surface area contributed by atoms with Gasteiger partial charge < -0.3 is 19.5 Å². The Labute approximate surface area is 143 Å². The van der Waals surface area contributed by atoms with Gasteiger partial charge in [0.15, 0.2) is 11.5 Å². The summed E-state index contributed by atoms with van der Waals surface area (Å²) in [6, 6.07) is 5.86. The van der Waals surface area contributed by atoms with Crippen molar-refractivity contribution in [3.8, 4) is 11.5 Å². The number of carbonyl (C=O) groups excluding carboxylic acids is 1. The molecule has 2 aliphatic rings. The van der Waals surface area contributed by atoms with Gasteiger partial charge in [0.25, 0.3) is 0 Å². The first-order valence-corrected chi connectivity index (χ1v) is 8.62. The smallest absolute Gasteiger partial charge is 0.234 e. The van der Waals surface area contributed by atoms with Gasteiger partial charge in [0.2, 0.25) is 5.91 Å². The van der Waals surface area contributed by atoms with Crippen LogP contribution in [0.2, 0.25) is 0 Å². The Morgan fingerprint density at radius 1 is 1.12 bits per heavy atom. The van der Waals surface area contributed by atoms with Crippen molar-refractivity contribution in [3.05, 3.63) is 23.8 Å². The molecule has 2 aliphatic heterocycles. The van der Waals surface area contributed by atoms with Crippen molar-refractivity contribution >= 4 is 5.91 Å². The molecule has 0 aromatic heterocycles. The molecule has 0 radical (unpaired) electrons. The van der Waals surface area contributed by atoms with Crippen molar-refractivity contribution in [2.24, 2.45) is 5.92 Å². The number of carbonyl (C=O) groups is 1. The van der Waals surface area contributed by atoms with Crippen LogP contribution in [0.5, 0.6) is 11.5 Å². The fraction of sp³-hybridized carbons (Fsp3) is 0.611. The lowest BCUT2D eigenvalue weighted by Gasteiger charge is -2.29. The molecule has 0 aliphatic carbocycles. The summed E-state index contributed by atoms with van der Waals surface area (Å²) in [5, 5.41) is 3.17. The molecule has 0 spiro atoms. The van der Waals surface area contributed by atoms with E-state index in [1.54, 1.807) is 0 Å². The summed E-state index contributed by atoms with van der Waals surface area (Å²) < 4.78 is 16.6. The third-order valence-corrected chi connectivity index (χ3v) is 4.38. The molecule has 1 N–H and O–H groups in total. The van der Waals surface area contributed by atoms with E-state index in [4.69, 9.17) is 14.2 Å². The van der Waals surface area contributed by atoms with E-state index in [9.17, 15) is 4.79 Å². The van der Waals surface area contributed by atoms with Gasteiger partial charge in [-0.2, -0.15) is 0 Å². The second kappa shape index (κ2) is 7.85. The number of benzene rings is 1. The molecule has 2 heterocycles. The van der Waals surface area contributed by atoms with E-state index in [1.807, 2.05) is 18.2 Å². The van der Waals surface area contributed by atoms with Gasteiger partial charge in [0.05, 0.1) is 25.8 Å². The topological polar surface area (TPSA) is 60.0 Å². The maximum absolute atomic E-state index is 12.4. The first-order chi connectivity index (χ1) is 11.6. The molecule has 1 aromatic carbocycles. The minimum atomic E-state index is -0.0469. The Morgan fingerprint density at radius 3 is 2.54 bits per heavy atom. The molecular weight excluding hydrogens is 308 g/mol. The van der Waals surface area contributed by atoms with E-state index >= 15 is 0 Å². The Kier molecular flexibility index (Phi) is 5.58. The molecular formula is C18H26N2O4. The van der Waals surface area contributed by atoms with Gasteiger partial charge in [-0.15, -0.1) is 0 Å². The molecule has 0 saturated carbocycles. The predicted octanol–water partition coefficient (Wildman–Crippen LogP) is 1.60. The summed E-state index contributed by atoms with van der Waals surface area (Å²) in [6.45, 7) is 8.78. The lowest BCUT2D eigenvalue weighted by atomic mass is 9.95. The van der Waals surface area contributed by atoms with Crippen LogP contribution in [0.15, 0.2) is 18.2 Å². The van der Waals surface area contributed by atoms with E-state index < -0.39 is 0 Å². The monoisotopic (exact) mass is 334 g/mol. The maximum atomic E-state index is 12.4. The third-order valence-electron chi connectivity index (χ3n) is 4.38. The van der Waals surface area contributed by atoms with Crippen molar-refractivity contribution in [3.63, 3.8) is 0 Å². The molecule has 132 valence electrons. The summed E-state index contributed by atoms with van der Waals surface area (Å²) >= 11 is 0. The van der Waals surface area contributed by atoms with Crippen LogP contribution >= 0.6 is 0 Å². The molecule has 3 rings (SSSR count). The van der Waals surface area contributed by atoms with Gasteiger partial charge in [-0.25, -0.2) is 0 Å². The van der Waals surface area contributed by atoms with Gasteiger partial charge in [-0.05, 0) is 23.6 Å². The van der Waals surface area contributed by atoms with Crippen molar-refractivity contribution in [1.82, 2.24) is 10.2 Å². The zero-order chi connectivity index (χ0) is 16.9. The Bertz CT molecular complexity index is 570. The second-order valence-electron chi connectivity index (χ2n) is 6.58. The molecule has 6 heteroatoms. The number of morpholine rings is 1. The van der Waals surface area contributed by atoms with Crippen molar-refractivity contribution in [2.75, 3.05) is 46.1 Å². The van der Waals surface area contributed by atoms with Crippen molar-refractivity contribution in [1.29, 1.82) is 0 Å². The summed E-state index contributed by atoms with van der Waals surface area (Å²) in [6.07, 6.45) is 0. The molecule has 1 atom stereocenters. The lowest BCUT2D eigenvalue weighted by molar-refractivity contribution is -0.124. The lowest BCUT2D eigenvalue weighted by Crippen LogP contribution is -2.44. The number of hydrogen-bond acceptors (Lipinski definition) is 5. The SMILES string of the molecule is CC(C)C(NC(=O)CN1CCOCC1)c1ccc2c(c1)OCCO2. The van der Waals surface area contributed by atoms with Crippen LogP contribution in [0.3, 0.4) is 0 Å². The van der Waals surface area contributed by atoms with E-state index in [2.05, 4.69) is 24.1 Å². The largest absolute Gasteiger partial charge is 0.486 e. The predicted molar refractivity (Wildman–Crippen MR) is 90.4 cm³/mol. The zero-order valence-corrected chi connectivity index (χ0v) is 14.4. The molecule has 0 bridgehead atoms. The zero-order valence-electron chi connectivity index (χ0n) is 14.4. The number of nitrogens with one attached hydrogen (secondary N) is 1. The number of rotatable bonds is 5. The average molecular weight is 334 g/mol. The number of ether oxygens (including phenoxy) is 3. The van der Waals surface area contributed by atoms with Crippen LogP contribution < -0.4 is 14.8 Å². The molecule has 1 saturated heterocycles. The normalized spacial score (nSPS) is 19.1. The van der Waals surface area contributed by atoms with Gasteiger partial charge in [0.1, 0.15) is 13.2 Å². The fourth-order valence-electron chi connectivity index (χ4n) is 3.07. The van der Waals surface area contributed by atoms with E-state index in [1.165, 1.54) is 0 Å². The minimum absolute atomic E-state index is 0.0467. The average Bonchev–Trinajstić information content (AvgIpc) is 2.60. The Balaban J connectivity index is 1.66. The highest BCUT2D eigenvalue weighted by atomic mass is 16.6. The van der Waals surface area contributed by atoms with Crippen LogP contribution in [0.4, 0.5) is 0 Å². The van der Waals surface area contributed by atoms with E-state index in [0.29, 0.717) is 33.0 Å². The number of nitrogens with zero attached hydrogens (tertiary/aromatic N) is 1. The highest BCUT2D eigenvalue weighted by Crippen LogP contribution is 2.34.